The van der Waals surface area contributed by atoms with Crippen LogP contribution in [0.25, 0.3) is 0 Å². The van der Waals surface area contributed by atoms with Gasteiger partial charge in [0.25, 0.3) is 0 Å². The van der Waals surface area contributed by atoms with Crippen LogP contribution >= 0.6 is 0 Å². The van der Waals surface area contributed by atoms with E-state index in [-0.39, 0.29) is 5.96 Å². The third kappa shape index (κ3) is 5.91. The van der Waals surface area contributed by atoms with Gasteiger partial charge in [0.15, 0.2) is 17.5 Å². The maximum atomic E-state index is 5.79. The highest BCUT2D eigenvalue weighted by Crippen LogP contribution is 2.28. The molecule has 0 aromatic heterocycles. The highest BCUT2D eigenvalue weighted by atomic mass is 16.5. The highest BCUT2D eigenvalue weighted by molar-refractivity contribution is 5.75. The van der Waals surface area contributed by atoms with Gasteiger partial charge in [-0.15, -0.1) is 0 Å². The second-order valence-corrected chi connectivity index (χ2v) is 4.60. The van der Waals surface area contributed by atoms with Crippen molar-refractivity contribution < 1.29 is 9.47 Å². The molecule has 6 nitrogen and oxygen atoms in total. The number of methoxy groups -OCH3 is 1. The fraction of sp³-hybridized carbons (Fsp3) is 0.533. The van der Waals surface area contributed by atoms with Crippen LogP contribution in [-0.2, 0) is 6.54 Å². The van der Waals surface area contributed by atoms with Crippen LogP contribution in [0.15, 0.2) is 23.2 Å². The normalized spacial score (nSPS) is 10.5. The molecule has 1 aromatic rings. The van der Waals surface area contributed by atoms with Crippen LogP contribution in [0.1, 0.15) is 19.4 Å². The standard InChI is InChI=1S/C15H26N4O2/c1-4-19(5-2)8-9-21-13-7-6-12(10-14(13)20-3)11-18-15(16)17/h6-7,10H,4-5,8-9,11H2,1-3H3,(H4,16,17,18). The quantitative estimate of drug-likeness (QED) is 0.528. The molecule has 0 spiro atoms. The molecular formula is C15H26N4O2. The Kier molecular flexibility index (Phi) is 7.39. The Morgan fingerprint density at radius 2 is 1.90 bits per heavy atom. The second-order valence-electron chi connectivity index (χ2n) is 4.60. The van der Waals surface area contributed by atoms with Gasteiger partial charge in [-0.25, -0.2) is 4.99 Å². The summed E-state index contributed by atoms with van der Waals surface area (Å²) in [5.74, 6) is 1.50. The number of hydrogen-bond acceptors (Lipinski definition) is 4. The molecule has 0 atom stereocenters. The first-order valence-electron chi connectivity index (χ1n) is 7.18. The molecule has 21 heavy (non-hydrogen) atoms. The van der Waals surface area contributed by atoms with E-state index in [0.29, 0.717) is 18.9 Å². The van der Waals surface area contributed by atoms with Gasteiger partial charge >= 0.3 is 0 Å². The molecule has 118 valence electrons. The summed E-state index contributed by atoms with van der Waals surface area (Å²) in [6.45, 7) is 8.28. The zero-order chi connectivity index (χ0) is 15.7. The zero-order valence-corrected chi connectivity index (χ0v) is 13.1. The van der Waals surface area contributed by atoms with Crippen molar-refractivity contribution in [3.05, 3.63) is 23.8 Å². The summed E-state index contributed by atoms with van der Waals surface area (Å²) in [6, 6.07) is 5.71. The molecule has 0 fully saturated rings. The topological polar surface area (TPSA) is 86.1 Å². The minimum absolute atomic E-state index is 0.0773. The van der Waals surface area contributed by atoms with Crippen molar-refractivity contribution >= 4 is 5.96 Å². The van der Waals surface area contributed by atoms with E-state index in [1.807, 2.05) is 18.2 Å². The average molecular weight is 294 g/mol. The molecule has 0 aliphatic carbocycles. The Hall–Kier alpha value is -1.95. The summed E-state index contributed by atoms with van der Waals surface area (Å²) in [6.07, 6.45) is 0. The number of ether oxygens (including phenoxy) is 2. The monoisotopic (exact) mass is 294 g/mol. The molecule has 0 saturated carbocycles. The molecule has 6 heteroatoms. The maximum absolute atomic E-state index is 5.79. The van der Waals surface area contributed by atoms with Crippen LogP contribution in [0.5, 0.6) is 11.5 Å². The second kappa shape index (κ2) is 9.07. The number of aliphatic imine (C=N–C) groups is 1. The van der Waals surface area contributed by atoms with E-state index in [4.69, 9.17) is 20.9 Å². The number of likely N-dealkylation sites (N-methyl/N-ethyl adjacent to an activating group) is 1. The van der Waals surface area contributed by atoms with Crippen molar-refractivity contribution in [2.45, 2.75) is 20.4 Å². The van der Waals surface area contributed by atoms with E-state index < -0.39 is 0 Å². The summed E-state index contributed by atoms with van der Waals surface area (Å²) >= 11 is 0. The molecular weight excluding hydrogens is 268 g/mol. The minimum Gasteiger partial charge on any atom is -0.493 e. The number of guanidine groups is 1. The van der Waals surface area contributed by atoms with Crippen molar-refractivity contribution in [3.8, 4) is 11.5 Å². The molecule has 0 heterocycles. The molecule has 0 bridgehead atoms. The highest BCUT2D eigenvalue weighted by Gasteiger charge is 2.07. The maximum Gasteiger partial charge on any atom is 0.186 e. The van der Waals surface area contributed by atoms with Crippen LogP contribution in [0.2, 0.25) is 0 Å². The van der Waals surface area contributed by atoms with Gasteiger partial charge < -0.3 is 25.8 Å². The minimum atomic E-state index is 0.0773. The summed E-state index contributed by atoms with van der Waals surface area (Å²) in [4.78, 5) is 6.28. The van der Waals surface area contributed by atoms with Gasteiger partial charge in [-0.3, -0.25) is 0 Å². The summed E-state index contributed by atoms with van der Waals surface area (Å²) in [7, 11) is 1.62. The first kappa shape index (κ1) is 17.1. The summed E-state index contributed by atoms with van der Waals surface area (Å²) < 4.78 is 11.1. The Morgan fingerprint density at radius 1 is 1.19 bits per heavy atom. The van der Waals surface area contributed by atoms with Gasteiger partial charge in [0.2, 0.25) is 0 Å². The third-order valence-corrected chi connectivity index (χ3v) is 3.23. The van der Waals surface area contributed by atoms with E-state index in [9.17, 15) is 0 Å². The van der Waals surface area contributed by atoms with Crippen molar-refractivity contribution in [1.82, 2.24) is 4.90 Å². The van der Waals surface area contributed by atoms with Crippen molar-refractivity contribution in [2.75, 3.05) is 33.4 Å². The van der Waals surface area contributed by atoms with E-state index in [0.717, 1.165) is 30.9 Å². The molecule has 0 radical (unpaired) electrons. The van der Waals surface area contributed by atoms with Crippen LogP contribution in [0.4, 0.5) is 0 Å². The molecule has 4 N–H and O–H groups in total. The van der Waals surface area contributed by atoms with Crippen LogP contribution in [0, 0.1) is 0 Å². The van der Waals surface area contributed by atoms with Gasteiger partial charge in [-0.05, 0) is 30.8 Å². The van der Waals surface area contributed by atoms with Gasteiger partial charge in [0.1, 0.15) is 6.61 Å². The van der Waals surface area contributed by atoms with Crippen LogP contribution in [0.3, 0.4) is 0 Å². The van der Waals surface area contributed by atoms with E-state index in [2.05, 4.69) is 23.7 Å². The Bertz CT molecular complexity index is 455. The molecule has 0 saturated heterocycles. The van der Waals surface area contributed by atoms with E-state index in [1.165, 1.54) is 0 Å². The zero-order valence-electron chi connectivity index (χ0n) is 13.1. The van der Waals surface area contributed by atoms with Gasteiger partial charge in [-0.1, -0.05) is 19.9 Å². The number of benzene rings is 1. The van der Waals surface area contributed by atoms with Gasteiger partial charge in [0.05, 0.1) is 13.7 Å². The smallest absolute Gasteiger partial charge is 0.186 e. The molecule has 1 aromatic carbocycles. The van der Waals surface area contributed by atoms with Crippen LogP contribution in [-0.4, -0.2) is 44.2 Å². The Morgan fingerprint density at radius 3 is 2.48 bits per heavy atom. The van der Waals surface area contributed by atoms with Crippen molar-refractivity contribution in [1.29, 1.82) is 0 Å². The Labute approximate surface area is 126 Å². The van der Waals surface area contributed by atoms with E-state index in [1.54, 1.807) is 7.11 Å². The predicted octanol–water partition coefficient (Wildman–Crippen LogP) is 1.19. The summed E-state index contributed by atoms with van der Waals surface area (Å²) in [5.41, 5.74) is 11.6. The number of nitrogens with two attached hydrogens (primary N) is 2. The molecule has 0 unspecified atom stereocenters. The molecule has 0 aliphatic heterocycles. The predicted molar refractivity (Wildman–Crippen MR) is 85.8 cm³/mol. The molecule has 1 rings (SSSR count). The molecule has 0 aliphatic rings. The third-order valence-electron chi connectivity index (χ3n) is 3.23. The largest absolute Gasteiger partial charge is 0.493 e. The van der Waals surface area contributed by atoms with E-state index >= 15 is 0 Å². The fourth-order valence-corrected chi connectivity index (χ4v) is 1.94. The first-order chi connectivity index (χ1) is 10.1. The summed E-state index contributed by atoms with van der Waals surface area (Å²) in [5, 5.41) is 0. The van der Waals surface area contributed by atoms with Crippen molar-refractivity contribution in [2.24, 2.45) is 16.5 Å². The van der Waals surface area contributed by atoms with Gasteiger partial charge in [0, 0.05) is 6.54 Å². The van der Waals surface area contributed by atoms with Crippen molar-refractivity contribution in [3.63, 3.8) is 0 Å². The number of rotatable bonds is 9. The fourth-order valence-electron chi connectivity index (χ4n) is 1.94. The lowest BCUT2D eigenvalue weighted by Gasteiger charge is -2.18. The average Bonchev–Trinajstić information content (AvgIpc) is 2.50. The van der Waals surface area contributed by atoms with Crippen LogP contribution < -0.4 is 20.9 Å². The lowest BCUT2D eigenvalue weighted by molar-refractivity contribution is 0.217. The number of hydrogen-bond donors (Lipinski definition) is 2. The lowest BCUT2D eigenvalue weighted by Crippen LogP contribution is -2.27. The SMILES string of the molecule is CCN(CC)CCOc1ccc(CN=C(N)N)cc1OC. The molecule has 0 amide bonds. The van der Waals surface area contributed by atoms with Gasteiger partial charge in [-0.2, -0.15) is 0 Å². The first-order valence-corrected chi connectivity index (χ1v) is 7.18. The lowest BCUT2D eigenvalue weighted by atomic mass is 10.2. The Balaban J connectivity index is 2.64. The number of nitrogens with zero attached hydrogens (tertiary/aromatic N) is 2.